The van der Waals surface area contributed by atoms with Crippen molar-refractivity contribution in [1.29, 1.82) is 0 Å². The van der Waals surface area contributed by atoms with Crippen LogP contribution in [0, 0.1) is 11.8 Å². The van der Waals surface area contributed by atoms with Gasteiger partial charge in [0.15, 0.2) is 0 Å². The predicted octanol–water partition coefficient (Wildman–Crippen LogP) is 8.39. The summed E-state index contributed by atoms with van der Waals surface area (Å²) in [5, 5.41) is 0. The molecule has 23 heavy (non-hydrogen) atoms. The molecule has 140 valence electrons. The second-order valence-electron chi connectivity index (χ2n) is 7.72. The van der Waals surface area contributed by atoms with E-state index in [1.807, 2.05) is 0 Å². The first-order valence-electron chi connectivity index (χ1n) is 11.0. The molecule has 0 saturated heterocycles. The fraction of sp³-hybridized carbons (Fsp3) is 1.00. The molecule has 0 aliphatic heterocycles. The number of unbranched alkanes of at least 4 members (excludes halogenated alkanes) is 7. The van der Waals surface area contributed by atoms with Crippen LogP contribution in [0.15, 0.2) is 0 Å². The molecule has 0 nitrogen and oxygen atoms in total. The normalized spacial score (nSPS) is 15.5. The molecule has 4 atom stereocenters. The Morgan fingerprint density at radius 1 is 0.522 bits per heavy atom. The lowest BCUT2D eigenvalue weighted by molar-refractivity contribution is 0.249. The van der Waals surface area contributed by atoms with Crippen LogP contribution >= 0.6 is 9.24 Å². The van der Waals surface area contributed by atoms with Gasteiger partial charge in [0.2, 0.25) is 0 Å². The highest BCUT2D eigenvalue weighted by Gasteiger charge is 2.25. The molecule has 0 radical (unpaired) electrons. The topological polar surface area (TPSA) is 0 Å². The van der Waals surface area contributed by atoms with Crippen LogP contribution in [-0.2, 0) is 0 Å². The molecule has 0 heterocycles. The summed E-state index contributed by atoms with van der Waals surface area (Å²) >= 11 is 0. The van der Waals surface area contributed by atoms with Gasteiger partial charge in [-0.15, -0.1) is 9.24 Å². The maximum Gasteiger partial charge on any atom is -0.0233 e. The molecule has 0 rings (SSSR count). The van der Waals surface area contributed by atoms with Crippen molar-refractivity contribution in [2.24, 2.45) is 11.8 Å². The second kappa shape index (κ2) is 17.3. The van der Waals surface area contributed by atoms with Crippen LogP contribution in [0.25, 0.3) is 0 Å². The highest BCUT2D eigenvalue weighted by Crippen LogP contribution is 2.36. The summed E-state index contributed by atoms with van der Waals surface area (Å²) in [5.41, 5.74) is 0.863. The van der Waals surface area contributed by atoms with E-state index in [0.717, 1.165) is 17.5 Å². The van der Waals surface area contributed by atoms with Crippen molar-refractivity contribution in [2.75, 3.05) is 0 Å². The van der Waals surface area contributed by atoms with Gasteiger partial charge < -0.3 is 0 Å². The fourth-order valence-corrected chi connectivity index (χ4v) is 4.78. The summed E-state index contributed by atoms with van der Waals surface area (Å²) in [6.07, 6.45) is 21.4. The summed E-state index contributed by atoms with van der Waals surface area (Å²) in [4.78, 5) is 0. The Balaban J connectivity index is 4.46. The van der Waals surface area contributed by atoms with E-state index in [0.29, 0.717) is 0 Å². The van der Waals surface area contributed by atoms with Gasteiger partial charge in [0.1, 0.15) is 0 Å². The summed E-state index contributed by atoms with van der Waals surface area (Å²) in [5.74, 6) is 1.94. The molecule has 0 aromatic rings. The van der Waals surface area contributed by atoms with Gasteiger partial charge in [-0.3, -0.25) is 0 Å². The Bertz CT molecular complexity index is 226. The molecule has 0 aliphatic carbocycles. The molecule has 0 aliphatic rings. The number of hydrogen-bond acceptors (Lipinski definition) is 0. The monoisotopic (exact) mass is 342 g/mol. The van der Waals surface area contributed by atoms with Crippen LogP contribution in [0.1, 0.15) is 124 Å². The number of rotatable bonds is 17. The summed E-state index contributed by atoms with van der Waals surface area (Å²) in [7, 11) is 3.27. The van der Waals surface area contributed by atoms with E-state index in [-0.39, 0.29) is 0 Å². The third kappa shape index (κ3) is 12.4. The van der Waals surface area contributed by atoms with Crippen LogP contribution in [0.4, 0.5) is 0 Å². The lowest BCUT2D eigenvalue weighted by atomic mass is 9.78. The maximum absolute atomic E-state index is 3.27. The van der Waals surface area contributed by atoms with Gasteiger partial charge in [0, 0.05) is 0 Å². The van der Waals surface area contributed by atoms with Crippen molar-refractivity contribution in [3.63, 3.8) is 0 Å². The van der Waals surface area contributed by atoms with Gasteiger partial charge in [-0.1, -0.05) is 111 Å². The molecule has 0 aromatic carbocycles. The lowest BCUT2D eigenvalue weighted by Gasteiger charge is -2.32. The third-order valence-corrected chi connectivity index (χ3v) is 6.35. The minimum absolute atomic E-state index is 0.863. The largest absolute Gasteiger partial charge is 0.134 e. The second-order valence-corrected chi connectivity index (χ2v) is 8.57. The Labute approximate surface area is 151 Å². The molecular weight excluding hydrogens is 295 g/mol. The van der Waals surface area contributed by atoms with Crippen LogP contribution in [0.2, 0.25) is 0 Å². The SMILES string of the molecule is CCCCCCCC(P)C(CCCCC)C(CCC)CCCC. The standard InChI is InChI=1S/C22H47P/c1-5-9-12-13-15-19-22(23)21(18-14-10-6-2)20(16-8-4)17-11-7-3/h20-22H,5-19,23H2,1-4H3. The quantitative estimate of drug-likeness (QED) is 0.184. The average molecular weight is 343 g/mol. The Morgan fingerprint density at radius 2 is 1.09 bits per heavy atom. The van der Waals surface area contributed by atoms with Gasteiger partial charge >= 0.3 is 0 Å². The van der Waals surface area contributed by atoms with E-state index in [1.165, 1.54) is 96.3 Å². The van der Waals surface area contributed by atoms with E-state index < -0.39 is 0 Å². The zero-order valence-electron chi connectivity index (χ0n) is 16.9. The van der Waals surface area contributed by atoms with Crippen LogP contribution in [0.3, 0.4) is 0 Å². The summed E-state index contributed by atoms with van der Waals surface area (Å²) < 4.78 is 0. The molecule has 0 N–H and O–H groups in total. The van der Waals surface area contributed by atoms with Gasteiger partial charge in [-0.05, 0) is 30.3 Å². The summed E-state index contributed by atoms with van der Waals surface area (Å²) in [6.45, 7) is 9.37. The molecule has 0 fully saturated rings. The molecule has 0 spiro atoms. The van der Waals surface area contributed by atoms with Crippen LogP contribution < -0.4 is 0 Å². The minimum atomic E-state index is 0.863. The van der Waals surface area contributed by atoms with Gasteiger partial charge in [0.25, 0.3) is 0 Å². The highest BCUT2D eigenvalue weighted by atomic mass is 31.0. The molecule has 1 heteroatoms. The predicted molar refractivity (Wildman–Crippen MR) is 112 cm³/mol. The fourth-order valence-electron chi connectivity index (χ4n) is 4.04. The Kier molecular flexibility index (Phi) is 17.6. The molecule has 0 amide bonds. The van der Waals surface area contributed by atoms with Crippen LogP contribution in [0.5, 0.6) is 0 Å². The molecule has 0 saturated carbocycles. The zero-order valence-corrected chi connectivity index (χ0v) is 18.1. The van der Waals surface area contributed by atoms with E-state index in [1.54, 1.807) is 0 Å². The smallest absolute Gasteiger partial charge is 0.0233 e. The van der Waals surface area contributed by atoms with Crippen molar-refractivity contribution >= 4 is 9.24 Å². The first-order chi connectivity index (χ1) is 11.2. The zero-order chi connectivity index (χ0) is 17.3. The minimum Gasteiger partial charge on any atom is -0.134 e. The van der Waals surface area contributed by atoms with Gasteiger partial charge in [-0.2, -0.15) is 0 Å². The Hall–Kier alpha value is 0.430. The van der Waals surface area contributed by atoms with E-state index in [2.05, 4.69) is 36.9 Å². The lowest BCUT2D eigenvalue weighted by Crippen LogP contribution is -2.24. The van der Waals surface area contributed by atoms with Gasteiger partial charge in [0.05, 0.1) is 0 Å². The maximum atomic E-state index is 3.27. The first-order valence-corrected chi connectivity index (χ1v) is 11.6. The average Bonchev–Trinajstić information content (AvgIpc) is 2.55. The van der Waals surface area contributed by atoms with Crippen molar-refractivity contribution < 1.29 is 0 Å². The summed E-state index contributed by atoms with van der Waals surface area (Å²) in [6, 6.07) is 0. The van der Waals surface area contributed by atoms with Crippen molar-refractivity contribution in [3.8, 4) is 0 Å². The van der Waals surface area contributed by atoms with Crippen LogP contribution in [-0.4, -0.2) is 5.66 Å². The van der Waals surface area contributed by atoms with Gasteiger partial charge in [-0.25, -0.2) is 0 Å². The third-order valence-electron chi connectivity index (χ3n) is 5.53. The van der Waals surface area contributed by atoms with Crippen molar-refractivity contribution in [2.45, 2.75) is 130 Å². The highest BCUT2D eigenvalue weighted by molar-refractivity contribution is 7.17. The first kappa shape index (κ1) is 23.4. The molecular formula is C22H47P. The van der Waals surface area contributed by atoms with E-state index in [4.69, 9.17) is 0 Å². The van der Waals surface area contributed by atoms with E-state index in [9.17, 15) is 0 Å². The Morgan fingerprint density at radius 3 is 1.70 bits per heavy atom. The molecule has 4 unspecified atom stereocenters. The van der Waals surface area contributed by atoms with Crippen molar-refractivity contribution in [1.82, 2.24) is 0 Å². The van der Waals surface area contributed by atoms with Crippen molar-refractivity contribution in [3.05, 3.63) is 0 Å². The van der Waals surface area contributed by atoms with E-state index >= 15 is 0 Å². The molecule has 0 aromatic heterocycles. The molecule has 0 bridgehead atoms. The number of hydrogen-bond donors (Lipinski definition) is 0.